The van der Waals surface area contributed by atoms with Gasteiger partial charge in [0.15, 0.2) is 14.1 Å². The van der Waals surface area contributed by atoms with Crippen molar-refractivity contribution < 1.29 is 19.0 Å². The lowest BCUT2D eigenvalue weighted by Gasteiger charge is -2.45. The molecule has 0 saturated carbocycles. The first-order valence-corrected chi connectivity index (χ1v) is 14.1. The summed E-state index contributed by atoms with van der Waals surface area (Å²) < 4.78 is 19.6. The summed E-state index contributed by atoms with van der Waals surface area (Å²) in [4.78, 5) is 0. The molecule has 0 amide bonds. The Bertz CT molecular complexity index is 495. The maximum absolute atomic E-state index is 9.28. The number of aliphatic hydroxyl groups is 1. The summed E-state index contributed by atoms with van der Waals surface area (Å²) in [7, 11) is -1.79. The van der Waals surface area contributed by atoms with Crippen molar-refractivity contribution >= 4 is 8.32 Å². The maximum atomic E-state index is 9.28. The van der Waals surface area contributed by atoms with Crippen LogP contribution in [0.1, 0.15) is 87.0 Å². The smallest absolute Gasteiger partial charge is 0.200 e. The molecule has 0 unspecified atom stereocenters. The maximum Gasteiger partial charge on any atom is 0.200 e. The van der Waals surface area contributed by atoms with E-state index in [1.807, 2.05) is 0 Å². The summed E-state index contributed by atoms with van der Waals surface area (Å²) in [5.41, 5.74) is 1.87. The van der Waals surface area contributed by atoms with E-state index in [9.17, 15) is 5.11 Å². The average Bonchev–Trinajstić information content (AvgIpc) is 2.64. The molecule has 170 valence electrons. The van der Waals surface area contributed by atoms with Gasteiger partial charge >= 0.3 is 0 Å². The van der Waals surface area contributed by atoms with Crippen LogP contribution in [0.5, 0.6) is 0 Å². The Balaban J connectivity index is 1.92. The van der Waals surface area contributed by atoms with Gasteiger partial charge in [0.2, 0.25) is 0 Å². The van der Waals surface area contributed by atoms with Crippen LogP contribution in [0, 0.1) is 5.92 Å². The van der Waals surface area contributed by atoms with Crippen LogP contribution >= 0.6 is 0 Å². The van der Waals surface area contributed by atoms with E-state index in [0.29, 0.717) is 29.0 Å². The molecule has 29 heavy (non-hydrogen) atoms. The number of aliphatic hydroxyl groups excluding tert-OH is 1. The lowest BCUT2D eigenvalue weighted by molar-refractivity contribution is -0.281. The van der Waals surface area contributed by atoms with Gasteiger partial charge in [-0.25, -0.2) is 0 Å². The zero-order valence-electron chi connectivity index (χ0n) is 19.9. The third-order valence-corrected chi connectivity index (χ3v) is 13.3. The third kappa shape index (κ3) is 5.94. The first-order valence-electron chi connectivity index (χ1n) is 12.0. The highest BCUT2D eigenvalue weighted by atomic mass is 28.4. The van der Waals surface area contributed by atoms with Crippen molar-refractivity contribution in [3.05, 3.63) is 12.2 Å². The van der Waals surface area contributed by atoms with Gasteiger partial charge in [0.25, 0.3) is 0 Å². The second-order valence-corrected chi connectivity index (χ2v) is 15.6. The fourth-order valence-corrected chi connectivity index (χ4v) is 11.2. The van der Waals surface area contributed by atoms with Crippen LogP contribution in [0.15, 0.2) is 12.2 Å². The molecular formula is C24H46O4Si. The predicted octanol–water partition coefficient (Wildman–Crippen LogP) is 6.20. The van der Waals surface area contributed by atoms with Crippen LogP contribution in [0.25, 0.3) is 0 Å². The molecule has 0 radical (unpaired) electrons. The topological polar surface area (TPSA) is 47.9 Å². The molecule has 2 aliphatic heterocycles. The van der Waals surface area contributed by atoms with E-state index < -0.39 is 14.1 Å². The van der Waals surface area contributed by atoms with Gasteiger partial charge in [0, 0.05) is 25.6 Å². The lowest BCUT2D eigenvalue weighted by Crippen LogP contribution is -2.48. The van der Waals surface area contributed by atoms with Crippen molar-refractivity contribution in [1.29, 1.82) is 0 Å². The standard InChI is InChI=1S/C24H46O4Si/c1-18(2)29(19(3)4,20(5)6)26-17-9-11-23-21(7)12-15-24(28-23)14-8-10-22(27-24)13-16-25/h12,15,18-23,25H,8-11,13-14,16-17H2,1-7H3/t21-,22-,23+,24-/m0/s1. The molecule has 0 aromatic rings. The van der Waals surface area contributed by atoms with Gasteiger partial charge in [-0.15, -0.1) is 0 Å². The Hall–Kier alpha value is -0.203. The minimum Gasteiger partial charge on any atom is -0.416 e. The highest BCUT2D eigenvalue weighted by Gasteiger charge is 2.45. The molecule has 0 aromatic carbocycles. The van der Waals surface area contributed by atoms with Gasteiger partial charge in [-0.05, 0) is 54.8 Å². The van der Waals surface area contributed by atoms with Crippen LogP contribution in [0.4, 0.5) is 0 Å². The van der Waals surface area contributed by atoms with E-state index >= 15 is 0 Å². The molecule has 1 spiro atoms. The van der Waals surface area contributed by atoms with Gasteiger partial charge in [-0.1, -0.05) is 54.5 Å². The summed E-state index contributed by atoms with van der Waals surface area (Å²) >= 11 is 0. The minimum absolute atomic E-state index is 0.102. The predicted molar refractivity (Wildman–Crippen MR) is 123 cm³/mol. The Morgan fingerprint density at radius 3 is 2.31 bits per heavy atom. The number of hydrogen-bond donors (Lipinski definition) is 1. The molecule has 4 atom stereocenters. The quantitative estimate of drug-likeness (QED) is 0.257. The molecule has 2 heterocycles. The first kappa shape index (κ1) is 25.1. The van der Waals surface area contributed by atoms with Gasteiger partial charge in [0.05, 0.1) is 12.2 Å². The second kappa shape index (κ2) is 10.9. The van der Waals surface area contributed by atoms with Crippen LogP contribution in [0.3, 0.4) is 0 Å². The highest BCUT2D eigenvalue weighted by Crippen LogP contribution is 2.43. The van der Waals surface area contributed by atoms with Crippen LogP contribution in [-0.4, -0.2) is 44.6 Å². The van der Waals surface area contributed by atoms with Crippen LogP contribution < -0.4 is 0 Å². The van der Waals surface area contributed by atoms with Crippen molar-refractivity contribution in [3.8, 4) is 0 Å². The van der Waals surface area contributed by atoms with E-state index in [2.05, 4.69) is 60.6 Å². The van der Waals surface area contributed by atoms with Crippen molar-refractivity contribution in [2.45, 2.75) is 122 Å². The van der Waals surface area contributed by atoms with E-state index in [4.69, 9.17) is 13.9 Å². The van der Waals surface area contributed by atoms with Crippen molar-refractivity contribution in [2.75, 3.05) is 13.2 Å². The monoisotopic (exact) mass is 426 g/mol. The third-order valence-electron chi connectivity index (χ3n) is 7.15. The molecule has 1 fully saturated rings. The molecule has 4 nitrogen and oxygen atoms in total. The normalized spacial score (nSPS) is 30.8. The van der Waals surface area contributed by atoms with Crippen LogP contribution in [-0.2, 0) is 13.9 Å². The Kier molecular flexibility index (Phi) is 9.42. The van der Waals surface area contributed by atoms with Gasteiger partial charge in [0.1, 0.15) is 0 Å². The van der Waals surface area contributed by atoms with E-state index in [1.165, 1.54) is 0 Å². The summed E-state index contributed by atoms with van der Waals surface area (Å²) in [6, 6.07) is 0. The largest absolute Gasteiger partial charge is 0.416 e. The summed E-state index contributed by atoms with van der Waals surface area (Å²) in [6.45, 7) is 17.3. The lowest BCUT2D eigenvalue weighted by atomic mass is 9.91. The molecule has 0 aromatic heterocycles. The summed E-state index contributed by atoms with van der Waals surface area (Å²) in [5.74, 6) is -0.188. The van der Waals surface area contributed by atoms with Crippen molar-refractivity contribution in [3.63, 3.8) is 0 Å². The SMILES string of the molecule is CC(C)[Si](OCCC[C@H]1O[C@]2(C=C[C@@H]1C)CCC[C@@H](CCO)O2)(C(C)C)C(C)C. The summed E-state index contributed by atoms with van der Waals surface area (Å²) in [6.07, 6.45) is 10.4. The van der Waals surface area contributed by atoms with E-state index in [-0.39, 0.29) is 18.8 Å². The average molecular weight is 427 g/mol. The van der Waals surface area contributed by atoms with Gasteiger partial charge < -0.3 is 19.0 Å². The number of hydrogen-bond acceptors (Lipinski definition) is 4. The van der Waals surface area contributed by atoms with Crippen LogP contribution in [0.2, 0.25) is 16.6 Å². The van der Waals surface area contributed by atoms with Gasteiger partial charge in [-0.2, -0.15) is 0 Å². The second-order valence-electron chi connectivity index (χ2n) is 10.1. The molecule has 0 bridgehead atoms. The zero-order chi connectivity index (χ0) is 21.7. The zero-order valence-corrected chi connectivity index (χ0v) is 20.9. The number of rotatable bonds is 10. The minimum atomic E-state index is -1.79. The fraction of sp³-hybridized carbons (Fsp3) is 0.917. The highest BCUT2D eigenvalue weighted by molar-refractivity contribution is 6.77. The molecule has 1 N–H and O–H groups in total. The Morgan fingerprint density at radius 2 is 1.72 bits per heavy atom. The number of ether oxygens (including phenoxy) is 2. The molecule has 1 saturated heterocycles. The van der Waals surface area contributed by atoms with E-state index in [1.54, 1.807) is 0 Å². The first-order chi connectivity index (χ1) is 13.7. The molecule has 5 heteroatoms. The van der Waals surface area contributed by atoms with E-state index in [0.717, 1.165) is 38.7 Å². The van der Waals surface area contributed by atoms with Gasteiger partial charge in [-0.3, -0.25) is 0 Å². The molecule has 2 aliphatic rings. The molecular weight excluding hydrogens is 380 g/mol. The Morgan fingerprint density at radius 1 is 1.07 bits per heavy atom. The molecule has 2 rings (SSSR count). The Labute approximate surface area is 180 Å². The molecule has 0 aliphatic carbocycles. The van der Waals surface area contributed by atoms with Crippen molar-refractivity contribution in [2.24, 2.45) is 5.92 Å². The fourth-order valence-electron chi connectivity index (χ4n) is 5.71. The summed E-state index contributed by atoms with van der Waals surface area (Å²) in [5, 5.41) is 9.28. The van der Waals surface area contributed by atoms with Crippen molar-refractivity contribution in [1.82, 2.24) is 0 Å².